The van der Waals surface area contributed by atoms with Crippen LogP contribution < -0.4 is 5.32 Å². The zero-order valence-electron chi connectivity index (χ0n) is 9.73. The van der Waals surface area contributed by atoms with Crippen LogP contribution in [-0.2, 0) is 13.1 Å². The van der Waals surface area contributed by atoms with E-state index in [9.17, 15) is 0 Å². The van der Waals surface area contributed by atoms with Gasteiger partial charge in [0.2, 0.25) is 0 Å². The third kappa shape index (κ3) is 2.45. The zero-order chi connectivity index (χ0) is 11.4. The maximum Gasteiger partial charge on any atom is 0.125 e. The van der Waals surface area contributed by atoms with Gasteiger partial charge in [0.15, 0.2) is 0 Å². The lowest BCUT2D eigenvalue weighted by Crippen LogP contribution is -1.99. The van der Waals surface area contributed by atoms with Gasteiger partial charge in [-0.1, -0.05) is 6.92 Å². The molecule has 0 saturated heterocycles. The fourth-order valence-electron chi connectivity index (χ4n) is 1.57. The lowest BCUT2D eigenvalue weighted by atomic mass is 10.3. The lowest BCUT2D eigenvalue weighted by Gasteiger charge is -2.01. The maximum atomic E-state index is 5.35. The fraction of sp³-hybridized carbons (Fsp3) is 0.417. The van der Waals surface area contributed by atoms with Crippen molar-refractivity contribution in [3.05, 3.63) is 36.0 Å². The summed E-state index contributed by atoms with van der Waals surface area (Å²) in [5.41, 5.74) is 2.21. The van der Waals surface area contributed by atoms with E-state index < -0.39 is 0 Å². The molecule has 0 radical (unpaired) electrons. The van der Waals surface area contributed by atoms with E-state index >= 15 is 0 Å². The van der Waals surface area contributed by atoms with E-state index in [0.717, 1.165) is 24.4 Å². The van der Waals surface area contributed by atoms with Gasteiger partial charge in [-0.05, 0) is 25.0 Å². The number of nitrogens with one attached hydrogen (secondary N) is 1. The lowest BCUT2D eigenvalue weighted by molar-refractivity contribution is 0.515. The predicted molar refractivity (Wildman–Crippen MR) is 63.3 cm³/mol. The molecular weight excluding hydrogens is 202 g/mol. The highest BCUT2D eigenvalue weighted by molar-refractivity contribution is 5.38. The van der Waals surface area contributed by atoms with Crippen LogP contribution in [0.2, 0.25) is 0 Å². The van der Waals surface area contributed by atoms with Gasteiger partial charge in [-0.2, -0.15) is 5.10 Å². The molecule has 0 spiro atoms. The molecule has 0 aliphatic carbocycles. The summed E-state index contributed by atoms with van der Waals surface area (Å²) in [6, 6.07) is 1.97. The molecule has 2 heterocycles. The van der Waals surface area contributed by atoms with Gasteiger partial charge in [-0.3, -0.25) is 4.68 Å². The number of aromatic nitrogens is 2. The summed E-state index contributed by atoms with van der Waals surface area (Å²) in [7, 11) is 0. The van der Waals surface area contributed by atoms with Crippen molar-refractivity contribution in [1.82, 2.24) is 9.78 Å². The number of nitrogens with zero attached hydrogens (tertiary/aromatic N) is 2. The van der Waals surface area contributed by atoms with E-state index in [4.69, 9.17) is 4.42 Å². The first-order valence-corrected chi connectivity index (χ1v) is 5.59. The Bertz CT molecular complexity index is 445. The Balaban J connectivity index is 1.92. The van der Waals surface area contributed by atoms with Gasteiger partial charge in [-0.25, -0.2) is 0 Å². The summed E-state index contributed by atoms with van der Waals surface area (Å²) >= 11 is 0. The third-order valence-electron chi connectivity index (χ3n) is 2.51. The minimum Gasteiger partial charge on any atom is -0.467 e. The van der Waals surface area contributed by atoms with E-state index in [0.29, 0.717) is 6.54 Å². The highest BCUT2D eigenvalue weighted by Gasteiger charge is 2.02. The Morgan fingerprint density at radius 1 is 1.50 bits per heavy atom. The first-order valence-electron chi connectivity index (χ1n) is 5.59. The van der Waals surface area contributed by atoms with Crippen LogP contribution in [0.15, 0.2) is 29.1 Å². The molecule has 0 bridgehead atoms. The molecule has 86 valence electrons. The van der Waals surface area contributed by atoms with Gasteiger partial charge in [-0.15, -0.1) is 0 Å². The highest BCUT2D eigenvalue weighted by atomic mass is 16.3. The number of aryl methyl sites for hydroxylation is 2. The summed E-state index contributed by atoms with van der Waals surface area (Å²) in [5.74, 6) is 0.975. The predicted octanol–water partition coefficient (Wildman–Crippen LogP) is 2.81. The van der Waals surface area contributed by atoms with Crippen LogP contribution in [0.5, 0.6) is 0 Å². The molecule has 0 aliphatic heterocycles. The van der Waals surface area contributed by atoms with Crippen molar-refractivity contribution in [2.45, 2.75) is 33.4 Å². The molecule has 0 atom stereocenters. The molecule has 2 aromatic rings. The average molecular weight is 219 g/mol. The summed E-state index contributed by atoms with van der Waals surface area (Å²) in [6.45, 7) is 5.85. The molecule has 1 N–H and O–H groups in total. The molecule has 0 aliphatic rings. The molecule has 0 saturated carbocycles. The summed E-state index contributed by atoms with van der Waals surface area (Å²) < 4.78 is 7.29. The molecule has 0 aromatic carbocycles. The van der Waals surface area contributed by atoms with Crippen molar-refractivity contribution < 1.29 is 4.42 Å². The first-order chi connectivity index (χ1) is 7.79. The monoisotopic (exact) mass is 219 g/mol. The second-order valence-corrected chi connectivity index (χ2v) is 3.87. The van der Waals surface area contributed by atoms with Crippen LogP contribution >= 0.6 is 0 Å². The van der Waals surface area contributed by atoms with E-state index in [-0.39, 0.29) is 0 Å². The normalized spacial score (nSPS) is 10.6. The third-order valence-corrected chi connectivity index (χ3v) is 2.51. The first kappa shape index (κ1) is 10.8. The Morgan fingerprint density at radius 2 is 2.38 bits per heavy atom. The standard InChI is InChI=1S/C12H17N3O/c1-3-5-15-9-11(7-14-15)13-8-12-10(2)4-6-16-12/h4,6-7,9,13H,3,5,8H2,1-2H3. The van der Waals surface area contributed by atoms with Gasteiger partial charge < -0.3 is 9.73 Å². The fourth-order valence-corrected chi connectivity index (χ4v) is 1.57. The Labute approximate surface area is 95.3 Å². The highest BCUT2D eigenvalue weighted by Crippen LogP contribution is 2.12. The van der Waals surface area contributed by atoms with Crippen molar-refractivity contribution in [2.75, 3.05) is 5.32 Å². The average Bonchev–Trinajstić information content (AvgIpc) is 2.86. The van der Waals surface area contributed by atoms with Crippen molar-refractivity contribution in [3.8, 4) is 0 Å². The second kappa shape index (κ2) is 4.88. The quantitative estimate of drug-likeness (QED) is 0.840. The smallest absolute Gasteiger partial charge is 0.125 e. The Hall–Kier alpha value is -1.71. The van der Waals surface area contributed by atoms with E-state index in [1.165, 1.54) is 5.56 Å². The SMILES string of the molecule is CCCn1cc(NCc2occc2C)cn1. The van der Waals surface area contributed by atoms with Crippen LogP contribution in [0.1, 0.15) is 24.7 Å². The van der Waals surface area contributed by atoms with Crippen LogP contribution in [-0.4, -0.2) is 9.78 Å². The topological polar surface area (TPSA) is 43.0 Å². The van der Waals surface area contributed by atoms with Crippen LogP contribution in [0, 0.1) is 6.92 Å². The number of rotatable bonds is 5. The summed E-state index contributed by atoms with van der Waals surface area (Å²) in [6.07, 6.45) is 6.67. The van der Waals surface area contributed by atoms with Crippen LogP contribution in [0.3, 0.4) is 0 Å². The molecule has 4 heteroatoms. The van der Waals surface area contributed by atoms with Crippen molar-refractivity contribution in [3.63, 3.8) is 0 Å². The molecule has 0 unspecified atom stereocenters. The van der Waals surface area contributed by atoms with E-state index in [1.54, 1.807) is 6.26 Å². The number of hydrogen-bond donors (Lipinski definition) is 1. The molecule has 2 rings (SSSR count). The van der Waals surface area contributed by atoms with Gasteiger partial charge >= 0.3 is 0 Å². The van der Waals surface area contributed by atoms with E-state index in [1.807, 2.05) is 30.1 Å². The summed E-state index contributed by atoms with van der Waals surface area (Å²) in [5, 5.41) is 7.54. The minimum absolute atomic E-state index is 0.705. The molecule has 0 amide bonds. The largest absolute Gasteiger partial charge is 0.467 e. The van der Waals surface area contributed by atoms with Crippen molar-refractivity contribution >= 4 is 5.69 Å². The minimum atomic E-state index is 0.705. The van der Waals surface area contributed by atoms with Crippen LogP contribution in [0.25, 0.3) is 0 Å². The zero-order valence-corrected chi connectivity index (χ0v) is 9.73. The number of furan rings is 1. The molecular formula is C12H17N3O. The molecule has 4 nitrogen and oxygen atoms in total. The Kier molecular flexibility index (Phi) is 3.29. The number of hydrogen-bond acceptors (Lipinski definition) is 3. The Morgan fingerprint density at radius 3 is 3.06 bits per heavy atom. The molecule has 16 heavy (non-hydrogen) atoms. The van der Waals surface area contributed by atoms with Crippen LogP contribution in [0.4, 0.5) is 5.69 Å². The van der Waals surface area contributed by atoms with Gasteiger partial charge in [0.05, 0.1) is 24.7 Å². The summed E-state index contributed by atoms with van der Waals surface area (Å²) in [4.78, 5) is 0. The van der Waals surface area contributed by atoms with Gasteiger partial charge in [0.1, 0.15) is 5.76 Å². The number of anilines is 1. The molecule has 2 aromatic heterocycles. The molecule has 0 fully saturated rings. The van der Waals surface area contributed by atoms with Crippen molar-refractivity contribution in [2.24, 2.45) is 0 Å². The maximum absolute atomic E-state index is 5.35. The second-order valence-electron chi connectivity index (χ2n) is 3.87. The van der Waals surface area contributed by atoms with E-state index in [2.05, 4.69) is 17.3 Å². The van der Waals surface area contributed by atoms with Crippen molar-refractivity contribution in [1.29, 1.82) is 0 Å². The van der Waals surface area contributed by atoms with Gasteiger partial charge in [0, 0.05) is 12.7 Å². The van der Waals surface area contributed by atoms with Gasteiger partial charge in [0.25, 0.3) is 0 Å².